The summed E-state index contributed by atoms with van der Waals surface area (Å²) >= 11 is 19.5. The minimum atomic E-state index is -1.72. The predicted molar refractivity (Wildman–Crippen MR) is 110 cm³/mol. The van der Waals surface area contributed by atoms with Crippen LogP contribution in [0.5, 0.6) is 0 Å². The molecule has 1 heterocycles. The van der Waals surface area contributed by atoms with Crippen LogP contribution >= 0.6 is 46.1 Å². The highest BCUT2D eigenvalue weighted by molar-refractivity contribution is 7.22. The van der Waals surface area contributed by atoms with Gasteiger partial charge in [0, 0.05) is 6.42 Å². The lowest BCUT2D eigenvalue weighted by molar-refractivity contribution is -0.121. The molecule has 3 rings (SSSR count). The summed E-state index contributed by atoms with van der Waals surface area (Å²) in [6.45, 7) is 0. The van der Waals surface area contributed by atoms with Crippen LogP contribution in [0.25, 0.3) is 10.2 Å². The quantitative estimate of drug-likeness (QED) is 0.421. The number of thiazole rings is 1. The summed E-state index contributed by atoms with van der Waals surface area (Å²) in [6.07, 6.45) is 0.0136. The van der Waals surface area contributed by atoms with E-state index in [4.69, 9.17) is 34.8 Å². The highest BCUT2D eigenvalue weighted by atomic mass is 35.6. The fourth-order valence-corrected chi connectivity index (χ4v) is 3.61. The predicted octanol–water partition coefficient (Wildman–Crippen LogP) is 5.15. The summed E-state index contributed by atoms with van der Waals surface area (Å²) in [4.78, 5) is 16.7. The molecular weight excluding hydrogens is 413 g/mol. The van der Waals surface area contributed by atoms with Gasteiger partial charge in [0.05, 0.1) is 10.2 Å². The van der Waals surface area contributed by atoms with Gasteiger partial charge in [0.25, 0.3) is 0 Å². The van der Waals surface area contributed by atoms with Crippen LogP contribution in [0.4, 0.5) is 5.13 Å². The second kappa shape index (κ2) is 8.44. The molecule has 136 valence electrons. The first-order valence-corrected chi connectivity index (χ1v) is 9.89. The second-order valence-corrected chi connectivity index (χ2v) is 9.06. The van der Waals surface area contributed by atoms with E-state index in [1.165, 1.54) is 11.3 Å². The van der Waals surface area contributed by atoms with Crippen LogP contribution in [-0.4, -0.2) is 20.8 Å². The summed E-state index contributed by atoms with van der Waals surface area (Å²) in [5, 5.41) is 6.33. The Kier molecular flexibility index (Phi) is 6.24. The Morgan fingerprint density at radius 1 is 1.08 bits per heavy atom. The van der Waals surface area contributed by atoms with Gasteiger partial charge in [0.1, 0.15) is 6.17 Å². The van der Waals surface area contributed by atoms with E-state index in [1.54, 1.807) is 0 Å². The number of carbonyl (C=O) groups excluding carboxylic acids is 1. The number of amides is 1. The number of carbonyl (C=O) groups is 1. The van der Waals surface area contributed by atoms with Crippen molar-refractivity contribution in [3.8, 4) is 0 Å². The maximum absolute atomic E-state index is 12.3. The number of halogens is 3. The van der Waals surface area contributed by atoms with Gasteiger partial charge in [-0.15, -0.1) is 0 Å². The van der Waals surface area contributed by atoms with Crippen LogP contribution < -0.4 is 10.6 Å². The third-order valence-electron chi connectivity index (χ3n) is 3.68. The minimum Gasteiger partial charge on any atom is -0.338 e. The normalized spacial score (nSPS) is 12.7. The van der Waals surface area contributed by atoms with Crippen molar-refractivity contribution in [3.63, 3.8) is 0 Å². The third kappa shape index (κ3) is 5.24. The van der Waals surface area contributed by atoms with Crippen molar-refractivity contribution in [3.05, 3.63) is 60.2 Å². The highest BCUT2D eigenvalue weighted by Gasteiger charge is 2.34. The molecule has 0 aliphatic rings. The van der Waals surface area contributed by atoms with Crippen LogP contribution in [0.2, 0.25) is 0 Å². The fourth-order valence-electron chi connectivity index (χ4n) is 2.39. The van der Waals surface area contributed by atoms with E-state index in [1.807, 2.05) is 54.6 Å². The molecule has 0 aliphatic heterocycles. The minimum absolute atomic E-state index is 0.209. The number of hydrogen-bond donors (Lipinski definition) is 2. The summed E-state index contributed by atoms with van der Waals surface area (Å²) in [6, 6.07) is 17.5. The van der Waals surface area contributed by atoms with E-state index >= 15 is 0 Å². The Bertz CT molecular complexity index is 847. The van der Waals surface area contributed by atoms with E-state index in [9.17, 15) is 4.79 Å². The average molecular weight is 429 g/mol. The van der Waals surface area contributed by atoms with E-state index in [2.05, 4.69) is 15.6 Å². The van der Waals surface area contributed by atoms with Gasteiger partial charge >= 0.3 is 0 Å². The molecule has 0 bridgehead atoms. The number of rotatable bonds is 6. The number of alkyl halides is 3. The van der Waals surface area contributed by atoms with E-state index in [0.29, 0.717) is 18.0 Å². The highest BCUT2D eigenvalue weighted by Crippen LogP contribution is 2.33. The maximum Gasteiger partial charge on any atom is 0.228 e. The number of hydrogen-bond acceptors (Lipinski definition) is 4. The number of aromatic nitrogens is 1. The Morgan fingerprint density at radius 2 is 1.77 bits per heavy atom. The number of anilines is 1. The largest absolute Gasteiger partial charge is 0.338 e. The number of aryl methyl sites for hydroxylation is 1. The molecule has 0 fully saturated rings. The van der Waals surface area contributed by atoms with Crippen molar-refractivity contribution in [2.45, 2.75) is 22.8 Å². The van der Waals surface area contributed by atoms with Gasteiger partial charge in [-0.05, 0) is 24.1 Å². The van der Waals surface area contributed by atoms with Crippen LogP contribution in [0.1, 0.15) is 12.0 Å². The second-order valence-electron chi connectivity index (χ2n) is 5.66. The topological polar surface area (TPSA) is 54.0 Å². The fraction of sp³-hybridized carbons (Fsp3) is 0.222. The van der Waals surface area contributed by atoms with Crippen LogP contribution in [0, 0.1) is 0 Å². The van der Waals surface area contributed by atoms with E-state index in [0.717, 1.165) is 15.8 Å². The Hall–Kier alpha value is -1.53. The number of para-hydroxylation sites is 1. The molecule has 1 amide bonds. The van der Waals surface area contributed by atoms with Crippen molar-refractivity contribution >= 4 is 67.4 Å². The van der Waals surface area contributed by atoms with Gasteiger partial charge in [-0.25, -0.2) is 4.98 Å². The Balaban J connectivity index is 1.65. The van der Waals surface area contributed by atoms with Crippen molar-refractivity contribution in [2.75, 3.05) is 5.32 Å². The lowest BCUT2D eigenvalue weighted by Crippen LogP contribution is -2.49. The van der Waals surface area contributed by atoms with Crippen molar-refractivity contribution in [2.24, 2.45) is 0 Å². The Labute approximate surface area is 170 Å². The number of benzene rings is 2. The maximum atomic E-state index is 12.3. The number of nitrogens with one attached hydrogen (secondary N) is 2. The van der Waals surface area contributed by atoms with Gasteiger partial charge in [-0.2, -0.15) is 0 Å². The van der Waals surface area contributed by atoms with Crippen LogP contribution in [0.3, 0.4) is 0 Å². The van der Waals surface area contributed by atoms with Gasteiger partial charge in [0.15, 0.2) is 5.13 Å². The zero-order chi connectivity index (χ0) is 18.6. The van der Waals surface area contributed by atoms with Gasteiger partial charge in [0.2, 0.25) is 9.70 Å². The lowest BCUT2D eigenvalue weighted by atomic mass is 10.1. The smallest absolute Gasteiger partial charge is 0.228 e. The molecule has 1 atom stereocenters. The molecule has 8 heteroatoms. The van der Waals surface area contributed by atoms with E-state index in [-0.39, 0.29) is 5.91 Å². The standard InChI is InChI=1S/C18H16Cl3N3OS/c19-18(20,21)16(23-15(25)11-10-12-6-2-1-3-7-12)24-17-22-13-8-4-5-9-14(13)26-17/h1-9,16H,10-11H2,(H,22,24)(H,23,25). The van der Waals surface area contributed by atoms with Crippen LogP contribution in [-0.2, 0) is 11.2 Å². The SMILES string of the molecule is O=C(CCc1ccccc1)NC(Nc1nc2ccccc2s1)C(Cl)(Cl)Cl. The average Bonchev–Trinajstić information content (AvgIpc) is 3.02. The Morgan fingerprint density at radius 3 is 2.46 bits per heavy atom. The van der Waals surface area contributed by atoms with Gasteiger partial charge in [-0.1, -0.05) is 88.6 Å². The molecule has 0 aliphatic carbocycles. The molecule has 4 nitrogen and oxygen atoms in total. The zero-order valence-corrected chi connectivity index (χ0v) is 16.7. The molecule has 2 N–H and O–H groups in total. The first kappa shape index (κ1) is 19.2. The third-order valence-corrected chi connectivity index (χ3v) is 5.30. The summed E-state index contributed by atoms with van der Waals surface area (Å²) in [5.41, 5.74) is 1.92. The number of fused-ring (bicyclic) bond motifs is 1. The summed E-state index contributed by atoms with van der Waals surface area (Å²) in [7, 11) is 0. The summed E-state index contributed by atoms with van der Waals surface area (Å²) < 4.78 is -0.714. The van der Waals surface area contributed by atoms with Gasteiger partial charge < -0.3 is 10.6 Å². The molecule has 0 saturated heterocycles. The molecule has 0 radical (unpaired) electrons. The monoisotopic (exact) mass is 427 g/mol. The molecule has 0 saturated carbocycles. The lowest BCUT2D eigenvalue weighted by Gasteiger charge is -2.26. The first-order valence-electron chi connectivity index (χ1n) is 7.94. The molecule has 26 heavy (non-hydrogen) atoms. The van der Waals surface area contributed by atoms with Crippen molar-refractivity contribution in [1.29, 1.82) is 0 Å². The summed E-state index contributed by atoms with van der Waals surface area (Å²) in [5.74, 6) is -0.209. The van der Waals surface area contributed by atoms with E-state index < -0.39 is 9.96 Å². The molecule has 1 aromatic heterocycles. The first-order chi connectivity index (χ1) is 12.4. The van der Waals surface area contributed by atoms with Gasteiger partial charge in [-0.3, -0.25) is 4.79 Å². The van der Waals surface area contributed by atoms with Crippen molar-refractivity contribution in [1.82, 2.24) is 10.3 Å². The van der Waals surface area contributed by atoms with Crippen LogP contribution in [0.15, 0.2) is 54.6 Å². The molecule has 1 unspecified atom stereocenters. The van der Waals surface area contributed by atoms with Crippen molar-refractivity contribution < 1.29 is 4.79 Å². The number of nitrogens with zero attached hydrogens (tertiary/aromatic N) is 1. The zero-order valence-electron chi connectivity index (χ0n) is 13.6. The molecular formula is C18H16Cl3N3OS. The molecule has 3 aromatic rings. The molecule has 2 aromatic carbocycles. The molecule has 0 spiro atoms.